The maximum Gasteiger partial charge on any atom is 0.0720 e. The lowest BCUT2D eigenvalue weighted by Gasteiger charge is -2.49. The highest BCUT2D eigenvalue weighted by molar-refractivity contribution is 6.19. The number of aromatic nitrogens is 2. The van der Waals surface area contributed by atoms with Crippen LogP contribution in [0.2, 0.25) is 0 Å². The lowest BCUT2D eigenvalue weighted by atomic mass is 9.52. The number of hydrogen-bond acceptors (Lipinski definition) is 0. The van der Waals surface area contributed by atoms with Crippen LogP contribution < -0.4 is 0 Å². The number of hydrogen-bond donors (Lipinski definition) is 0. The molecule has 12 aromatic carbocycles. The van der Waals surface area contributed by atoms with Crippen molar-refractivity contribution >= 4 is 54.4 Å². The highest BCUT2D eigenvalue weighted by atomic mass is 15.0. The third kappa shape index (κ3) is 4.91. The Bertz CT molecular complexity index is 4640. The number of para-hydroxylation sites is 2. The first kappa shape index (κ1) is 40.1. The summed E-state index contributed by atoms with van der Waals surface area (Å²) in [4.78, 5) is 0. The fraction of sp³-hybridized carbons (Fsp3) is 0.0278. The summed E-state index contributed by atoms with van der Waals surface area (Å²) in [5, 5.41) is 7.45. The summed E-state index contributed by atoms with van der Waals surface area (Å²) in [6.45, 7) is 0. The van der Waals surface area contributed by atoms with E-state index in [-0.39, 0.29) is 0 Å². The van der Waals surface area contributed by atoms with Crippen molar-refractivity contribution in [2.45, 2.75) is 10.8 Å². The molecule has 342 valence electrons. The Labute approximate surface area is 428 Å². The zero-order valence-corrected chi connectivity index (χ0v) is 40.3. The van der Waals surface area contributed by atoms with Crippen LogP contribution in [0.1, 0.15) is 44.5 Å². The fourth-order valence-corrected chi connectivity index (χ4v) is 14.6. The minimum Gasteiger partial charge on any atom is -0.309 e. The second kappa shape index (κ2) is 14.6. The van der Waals surface area contributed by atoms with Gasteiger partial charge in [0.05, 0.1) is 38.6 Å². The Morgan fingerprint density at radius 3 is 1.20 bits per heavy atom. The maximum atomic E-state index is 2.56. The quantitative estimate of drug-likeness (QED) is 0.167. The van der Waals surface area contributed by atoms with Crippen LogP contribution >= 0.6 is 0 Å². The Morgan fingerprint density at radius 1 is 0.230 bits per heavy atom. The molecule has 3 aliphatic rings. The van der Waals surface area contributed by atoms with Crippen LogP contribution in [-0.2, 0) is 10.8 Å². The Hall–Kier alpha value is -9.50. The van der Waals surface area contributed by atoms with Crippen molar-refractivity contribution in [1.82, 2.24) is 9.13 Å². The normalized spacial score (nSPS) is 14.2. The molecule has 0 amide bonds. The maximum absolute atomic E-state index is 2.56. The van der Waals surface area contributed by atoms with Gasteiger partial charge in [-0.3, -0.25) is 0 Å². The molecule has 2 spiro atoms. The van der Waals surface area contributed by atoms with E-state index in [1.54, 1.807) is 0 Å². The molecule has 2 heterocycles. The molecule has 3 aliphatic carbocycles. The molecule has 2 aromatic heterocycles. The van der Waals surface area contributed by atoms with Crippen LogP contribution in [0.5, 0.6) is 0 Å². The predicted molar refractivity (Wildman–Crippen MR) is 306 cm³/mol. The average Bonchev–Trinajstić information content (AvgIpc) is 4.33. The van der Waals surface area contributed by atoms with Crippen LogP contribution in [0.25, 0.3) is 99.1 Å². The summed E-state index contributed by atoms with van der Waals surface area (Å²) in [5.74, 6) is 0. The van der Waals surface area contributed by atoms with Gasteiger partial charge in [-0.15, -0.1) is 0 Å². The topological polar surface area (TPSA) is 9.86 Å². The average molecular weight is 937 g/mol. The SMILES string of the molecule is c1ccc2c(c1)-c1ccccc1C21c2ccccc2C2(c3ccccc3-c3ccccc32)c2cc(-c3ccc(-n4c5ccccc5c5cc6c(cc54)c4ccccc4n6-c4cccc5ccccc45)cc3)ccc21. The number of benzene rings is 12. The van der Waals surface area contributed by atoms with Crippen LogP contribution in [0, 0.1) is 0 Å². The van der Waals surface area contributed by atoms with Gasteiger partial charge in [0.1, 0.15) is 0 Å². The van der Waals surface area contributed by atoms with Crippen molar-refractivity contribution in [2.24, 2.45) is 0 Å². The zero-order valence-electron chi connectivity index (χ0n) is 40.3. The Kier molecular flexibility index (Phi) is 7.90. The summed E-state index contributed by atoms with van der Waals surface area (Å²) in [5.41, 5.74) is 24.5. The van der Waals surface area contributed by atoms with E-state index in [9.17, 15) is 0 Å². The molecule has 74 heavy (non-hydrogen) atoms. The van der Waals surface area contributed by atoms with E-state index in [1.165, 1.54) is 138 Å². The van der Waals surface area contributed by atoms with Gasteiger partial charge in [0.2, 0.25) is 0 Å². The fourth-order valence-electron chi connectivity index (χ4n) is 14.6. The number of nitrogens with zero attached hydrogens (tertiary/aromatic N) is 2. The number of fused-ring (bicyclic) bond motifs is 23. The molecule has 0 atom stereocenters. The highest BCUT2D eigenvalue weighted by Crippen LogP contribution is 2.67. The molecule has 2 heteroatoms. The standard InChI is InChI=1S/C72H44N2/c1-2-20-49-46(18-1)19-17-35-66(49)74-68-34-16-8-26-55(68)57-43-69-56(44-70(57)74)54-25-7-15-33-67(54)73(69)48-39-36-45(37-40-48)47-38-41-64-65(42-47)72(60-29-11-5-23-52(60)53-24-6-12-30-61(53)72)63-32-14-13-31-62(63)71(64)58-27-9-3-21-50(58)51-22-4-10-28-59(51)71/h1-44H. The third-order valence-electron chi connectivity index (χ3n) is 17.4. The molecule has 0 saturated carbocycles. The third-order valence-corrected chi connectivity index (χ3v) is 17.4. The largest absolute Gasteiger partial charge is 0.309 e. The second-order valence-corrected chi connectivity index (χ2v) is 20.6. The summed E-state index contributed by atoms with van der Waals surface area (Å²) < 4.78 is 4.95. The van der Waals surface area contributed by atoms with Crippen LogP contribution in [-0.4, -0.2) is 9.13 Å². The van der Waals surface area contributed by atoms with E-state index >= 15 is 0 Å². The van der Waals surface area contributed by atoms with E-state index in [0.717, 1.165) is 5.69 Å². The van der Waals surface area contributed by atoms with Crippen LogP contribution in [0.15, 0.2) is 267 Å². The molecule has 0 radical (unpaired) electrons. The lowest BCUT2D eigenvalue weighted by molar-refractivity contribution is 0.633. The minimum atomic E-state index is -0.544. The van der Waals surface area contributed by atoms with Crippen molar-refractivity contribution in [3.05, 3.63) is 311 Å². The van der Waals surface area contributed by atoms with Gasteiger partial charge in [0.25, 0.3) is 0 Å². The summed E-state index contributed by atoms with van der Waals surface area (Å²) in [6.07, 6.45) is 0. The summed E-state index contributed by atoms with van der Waals surface area (Å²) in [7, 11) is 0. The van der Waals surface area contributed by atoms with E-state index in [1.807, 2.05) is 0 Å². The van der Waals surface area contributed by atoms with Gasteiger partial charge < -0.3 is 9.13 Å². The van der Waals surface area contributed by atoms with Gasteiger partial charge in [-0.2, -0.15) is 0 Å². The minimum absolute atomic E-state index is 0.512. The van der Waals surface area contributed by atoms with Crippen molar-refractivity contribution in [1.29, 1.82) is 0 Å². The molecule has 0 bridgehead atoms. The highest BCUT2D eigenvalue weighted by Gasteiger charge is 2.59. The smallest absolute Gasteiger partial charge is 0.0720 e. The first-order chi connectivity index (χ1) is 36.7. The molecule has 2 nitrogen and oxygen atoms in total. The van der Waals surface area contributed by atoms with Gasteiger partial charge in [0, 0.05) is 32.6 Å². The molecule has 0 unspecified atom stereocenters. The summed E-state index contributed by atoms with van der Waals surface area (Å²) in [6, 6.07) is 101. The molecule has 0 aliphatic heterocycles. The second-order valence-electron chi connectivity index (χ2n) is 20.6. The molecule has 17 rings (SSSR count). The van der Waals surface area contributed by atoms with E-state index in [0.29, 0.717) is 0 Å². The van der Waals surface area contributed by atoms with Crippen LogP contribution in [0.3, 0.4) is 0 Å². The summed E-state index contributed by atoms with van der Waals surface area (Å²) >= 11 is 0. The monoisotopic (exact) mass is 936 g/mol. The van der Waals surface area contributed by atoms with E-state index in [2.05, 4.69) is 276 Å². The van der Waals surface area contributed by atoms with Gasteiger partial charge in [-0.25, -0.2) is 0 Å². The van der Waals surface area contributed by atoms with Crippen molar-refractivity contribution < 1.29 is 0 Å². The van der Waals surface area contributed by atoms with E-state index in [4.69, 9.17) is 0 Å². The molecule has 0 N–H and O–H groups in total. The van der Waals surface area contributed by atoms with Gasteiger partial charge in [-0.1, -0.05) is 218 Å². The molecular formula is C72H44N2. The van der Waals surface area contributed by atoms with E-state index < -0.39 is 10.8 Å². The van der Waals surface area contributed by atoms with Crippen molar-refractivity contribution in [3.8, 4) is 44.8 Å². The Balaban J connectivity index is 0.889. The van der Waals surface area contributed by atoms with Gasteiger partial charge >= 0.3 is 0 Å². The van der Waals surface area contributed by atoms with Gasteiger partial charge in [0.15, 0.2) is 0 Å². The molecule has 0 fully saturated rings. The van der Waals surface area contributed by atoms with Gasteiger partial charge in [-0.05, 0) is 132 Å². The van der Waals surface area contributed by atoms with Crippen LogP contribution in [0.4, 0.5) is 0 Å². The molecule has 14 aromatic rings. The predicted octanol–water partition coefficient (Wildman–Crippen LogP) is 17.7. The first-order valence-corrected chi connectivity index (χ1v) is 25.9. The number of rotatable bonds is 3. The zero-order chi connectivity index (χ0) is 48.3. The molecular weight excluding hydrogens is 893 g/mol. The van der Waals surface area contributed by atoms with Crippen molar-refractivity contribution in [2.75, 3.05) is 0 Å². The molecule has 0 saturated heterocycles. The Morgan fingerprint density at radius 2 is 0.635 bits per heavy atom. The first-order valence-electron chi connectivity index (χ1n) is 25.9. The lowest BCUT2D eigenvalue weighted by Crippen LogP contribution is -2.43. The van der Waals surface area contributed by atoms with Crippen molar-refractivity contribution in [3.63, 3.8) is 0 Å².